The fourth-order valence-electron chi connectivity index (χ4n) is 1.66. The second-order valence-corrected chi connectivity index (χ2v) is 5.30. The van der Waals surface area contributed by atoms with Crippen LogP contribution >= 0.6 is 23.2 Å². The molecule has 2 rings (SSSR count). The normalized spacial score (nSPS) is 9.64. The van der Waals surface area contributed by atoms with Crippen molar-refractivity contribution in [3.05, 3.63) is 56.6 Å². The highest BCUT2D eigenvalue weighted by Gasteiger charge is 2.07. The van der Waals surface area contributed by atoms with Crippen molar-refractivity contribution in [3.8, 4) is 11.5 Å². The minimum atomic E-state index is -0.137. The standard InChI is InChI=1S/2C8H7ClO2/c2*1-5-2-3-7(9)8(11)6(5)4-10/h2*2-4,11H,1H3. The molecule has 4 nitrogen and oxygen atoms in total. The number of carbonyl (C=O) groups is 2. The number of phenols is 2. The van der Waals surface area contributed by atoms with Gasteiger partial charge in [0.1, 0.15) is 11.5 Å². The van der Waals surface area contributed by atoms with Gasteiger partial charge in [-0.3, -0.25) is 9.59 Å². The minimum Gasteiger partial charge on any atom is -0.506 e. The molecule has 2 aromatic carbocycles. The van der Waals surface area contributed by atoms with Gasteiger partial charge in [0, 0.05) is 0 Å². The molecule has 0 amide bonds. The molecule has 0 unspecified atom stereocenters. The second kappa shape index (κ2) is 7.82. The molecular formula is C16H14Cl2O4. The molecule has 0 aliphatic carbocycles. The molecule has 0 aromatic heterocycles. The number of halogens is 2. The Morgan fingerprint density at radius 1 is 0.773 bits per heavy atom. The van der Waals surface area contributed by atoms with Gasteiger partial charge in [0.2, 0.25) is 0 Å². The lowest BCUT2D eigenvalue weighted by molar-refractivity contribution is 0.111. The van der Waals surface area contributed by atoms with Gasteiger partial charge in [0.15, 0.2) is 12.6 Å². The lowest BCUT2D eigenvalue weighted by Gasteiger charge is -2.01. The summed E-state index contributed by atoms with van der Waals surface area (Å²) in [5.74, 6) is -0.275. The van der Waals surface area contributed by atoms with Gasteiger partial charge in [0.05, 0.1) is 21.2 Å². The highest BCUT2D eigenvalue weighted by atomic mass is 35.5. The zero-order chi connectivity index (χ0) is 16.9. The van der Waals surface area contributed by atoms with Gasteiger partial charge in [-0.1, -0.05) is 35.3 Å². The van der Waals surface area contributed by atoms with Crippen LogP contribution in [0.4, 0.5) is 0 Å². The van der Waals surface area contributed by atoms with Crippen LogP contribution in [0.3, 0.4) is 0 Å². The summed E-state index contributed by atoms with van der Waals surface area (Å²) in [6.45, 7) is 3.47. The van der Waals surface area contributed by atoms with Gasteiger partial charge in [0.25, 0.3) is 0 Å². The molecule has 0 fully saturated rings. The van der Waals surface area contributed by atoms with E-state index in [0.717, 1.165) is 11.1 Å². The summed E-state index contributed by atoms with van der Waals surface area (Å²) in [6, 6.07) is 6.48. The largest absolute Gasteiger partial charge is 0.506 e. The summed E-state index contributed by atoms with van der Waals surface area (Å²) in [4.78, 5) is 20.8. The zero-order valence-corrected chi connectivity index (χ0v) is 13.4. The number of phenolic OH excluding ortho intramolecular Hbond substituents is 2. The van der Waals surface area contributed by atoms with E-state index < -0.39 is 0 Å². The monoisotopic (exact) mass is 340 g/mol. The van der Waals surface area contributed by atoms with Crippen LogP contribution in [-0.2, 0) is 0 Å². The first-order valence-corrected chi connectivity index (χ1v) is 6.95. The number of hydrogen-bond donors (Lipinski definition) is 2. The second-order valence-electron chi connectivity index (χ2n) is 4.49. The predicted molar refractivity (Wildman–Crippen MR) is 86.5 cm³/mol. The van der Waals surface area contributed by atoms with Crippen molar-refractivity contribution in [2.45, 2.75) is 13.8 Å². The van der Waals surface area contributed by atoms with Crippen molar-refractivity contribution in [2.24, 2.45) is 0 Å². The van der Waals surface area contributed by atoms with Crippen LogP contribution in [0, 0.1) is 13.8 Å². The maximum absolute atomic E-state index is 10.4. The van der Waals surface area contributed by atoms with Crippen LogP contribution in [0.2, 0.25) is 10.0 Å². The van der Waals surface area contributed by atoms with E-state index in [0.29, 0.717) is 12.6 Å². The molecule has 2 N–H and O–H groups in total. The number of aromatic hydroxyl groups is 2. The number of aryl methyl sites for hydroxylation is 2. The molecule has 0 aliphatic rings. The highest BCUT2D eigenvalue weighted by Crippen LogP contribution is 2.28. The maximum atomic E-state index is 10.4. The third kappa shape index (κ3) is 4.00. The zero-order valence-electron chi connectivity index (χ0n) is 11.9. The lowest BCUT2D eigenvalue weighted by atomic mass is 10.1. The van der Waals surface area contributed by atoms with Crippen molar-refractivity contribution in [1.82, 2.24) is 0 Å². The molecule has 0 spiro atoms. The van der Waals surface area contributed by atoms with Crippen LogP contribution in [0.25, 0.3) is 0 Å². The molecule has 0 bridgehead atoms. The van der Waals surface area contributed by atoms with E-state index in [1.54, 1.807) is 38.1 Å². The number of carbonyl (C=O) groups excluding carboxylic acids is 2. The first-order chi connectivity index (χ1) is 10.3. The van der Waals surface area contributed by atoms with E-state index in [1.165, 1.54) is 0 Å². The first kappa shape index (κ1) is 18.0. The smallest absolute Gasteiger partial charge is 0.154 e. The average molecular weight is 341 g/mol. The first-order valence-electron chi connectivity index (χ1n) is 6.20. The maximum Gasteiger partial charge on any atom is 0.154 e. The van der Waals surface area contributed by atoms with Gasteiger partial charge in [-0.05, 0) is 37.1 Å². The van der Waals surface area contributed by atoms with Crippen molar-refractivity contribution in [3.63, 3.8) is 0 Å². The fourth-order valence-corrected chi connectivity index (χ4v) is 1.99. The molecule has 0 aliphatic heterocycles. The van der Waals surface area contributed by atoms with Crippen LogP contribution in [0.1, 0.15) is 31.8 Å². The molecule has 2 aromatic rings. The molecule has 6 heteroatoms. The third-order valence-electron chi connectivity index (χ3n) is 3.01. The average Bonchev–Trinajstić information content (AvgIpc) is 2.49. The van der Waals surface area contributed by atoms with Gasteiger partial charge < -0.3 is 10.2 Å². The molecular weight excluding hydrogens is 327 g/mol. The minimum absolute atomic E-state index is 0.137. The Bertz CT molecular complexity index is 650. The van der Waals surface area contributed by atoms with E-state index >= 15 is 0 Å². The van der Waals surface area contributed by atoms with Crippen molar-refractivity contribution in [2.75, 3.05) is 0 Å². The number of hydrogen-bond acceptors (Lipinski definition) is 4. The number of rotatable bonds is 2. The molecule has 116 valence electrons. The number of aldehydes is 2. The van der Waals surface area contributed by atoms with E-state index in [2.05, 4.69) is 0 Å². The molecule has 0 atom stereocenters. The SMILES string of the molecule is Cc1ccc(Cl)c(O)c1C=O.Cc1ccc(Cl)c(O)c1C=O. The van der Waals surface area contributed by atoms with Crippen molar-refractivity contribution in [1.29, 1.82) is 0 Å². The summed E-state index contributed by atoms with van der Waals surface area (Å²) in [6.07, 6.45) is 1.19. The van der Waals surface area contributed by atoms with Crippen LogP contribution in [0.5, 0.6) is 11.5 Å². The van der Waals surface area contributed by atoms with Gasteiger partial charge in [-0.2, -0.15) is 0 Å². The molecule has 22 heavy (non-hydrogen) atoms. The summed E-state index contributed by atoms with van der Waals surface area (Å²) < 4.78 is 0. The Morgan fingerprint density at radius 2 is 1.09 bits per heavy atom. The van der Waals surface area contributed by atoms with E-state index in [1.807, 2.05) is 0 Å². The van der Waals surface area contributed by atoms with Crippen molar-refractivity contribution < 1.29 is 19.8 Å². The van der Waals surface area contributed by atoms with Gasteiger partial charge in [-0.15, -0.1) is 0 Å². The van der Waals surface area contributed by atoms with Gasteiger partial charge >= 0.3 is 0 Å². The van der Waals surface area contributed by atoms with Crippen LogP contribution in [-0.4, -0.2) is 22.8 Å². The van der Waals surface area contributed by atoms with Crippen LogP contribution in [0.15, 0.2) is 24.3 Å². The fraction of sp³-hybridized carbons (Fsp3) is 0.125. The van der Waals surface area contributed by atoms with E-state index in [4.69, 9.17) is 23.2 Å². The Labute approximate surface area is 137 Å². The Morgan fingerprint density at radius 3 is 1.32 bits per heavy atom. The lowest BCUT2D eigenvalue weighted by Crippen LogP contribution is -1.86. The topological polar surface area (TPSA) is 74.6 Å². The predicted octanol–water partition coefficient (Wildman–Crippen LogP) is 4.33. The third-order valence-corrected chi connectivity index (χ3v) is 3.62. The van der Waals surface area contributed by atoms with E-state index in [9.17, 15) is 19.8 Å². The van der Waals surface area contributed by atoms with Gasteiger partial charge in [-0.25, -0.2) is 0 Å². The Balaban J connectivity index is 0.000000220. The summed E-state index contributed by atoms with van der Waals surface area (Å²) in [5, 5.41) is 18.8. The summed E-state index contributed by atoms with van der Waals surface area (Å²) in [5.41, 5.74) is 1.97. The Kier molecular flexibility index (Phi) is 6.40. The summed E-state index contributed by atoms with van der Waals surface area (Å²) in [7, 11) is 0. The molecule has 0 radical (unpaired) electrons. The van der Waals surface area contributed by atoms with Crippen LogP contribution < -0.4 is 0 Å². The highest BCUT2D eigenvalue weighted by molar-refractivity contribution is 6.32. The molecule has 0 heterocycles. The number of benzene rings is 2. The Hall–Kier alpha value is -2.04. The molecule has 0 saturated heterocycles. The molecule has 0 saturated carbocycles. The summed E-state index contributed by atoms with van der Waals surface area (Å²) >= 11 is 11.1. The van der Waals surface area contributed by atoms with Crippen molar-refractivity contribution >= 4 is 35.8 Å². The van der Waals surface area contributed by atoms with E-state index in [-0.39, 0.29) is 32.7 Å². The quantitative estimate of drug-likeness (QED) is 0.797.